The molecule has 0 saturated carbocycles. The van der Waals surface area contributed by atoms with Crippen LogP contribution < -0.4 is 14.8 Å². The highest BCUT2D eigenvalue weighted by Gasteiger charge is 2.12. The smallest absolute Gasteiger partial charge is 0.163 e. The zero-order valence-corrected chi connectivity index (χ0v) is 11.8. The molecule has 2 heterocycles. The van der Waals surface area contributed by atoms with Gasteiger partial charge in [-0.15, -0.1) is 0 Å². The lowest BCUT2D eigenvalue weighted by molar-refractivity contribution is 0.171. The van der Waals surface area contributed by atoms with Crippen molar-refractivity contribution in [1.82, 2.24) is 9.78 Å². The lowest BCUT2D eigenvalue weighted by atomic mass is 10.2. The summed E-state index contributed by atoms with van der Waals surface area (Å²) in [6.07, 6.45) is 1.92. The van der Waals surface area contributed by atoms with Crippen molar-refractivity contribution in [3.8, 4) is 11.5 Å². The van der Waals surface area contributed by atoms with Gasteiger partial charge < -0.3 is 14.8 Å². The number of anilines is 1. The third-order valence-corrected chi connectivity index (χ3v) is 3.53. The molecule has 20 heavy (non-hydrogen) atoms. The molecule has 1 aromatic carbocycles. The van der Waals surface area contributed by atoms with Crippen molar-refractivity contribution >= 4 is 5.69 Å². The molecule has 0 unspecified atom stereocenters. The molecule has 0 radical (unpaired) electrons. The Morgan fingerprint density at radius 1 is 1.25 bits per heavy atom. The summed E-state index contributed by atoms with van der Waals surface area (Å²) in [5.41, 5.74) is 3.44. The van der Waals surface area contributed by atoms with Gasteiger partial charge in [-0.25, -0.2) is 0 Å². The maximum Gasteiger partial charge on any atom is 0.163 e. The molecule has 0 bridgehead atoms. The highest BCUT2D eigenvalue weighted by Crippen LogP contribution is 2.32. The van der Waals surface area contributed by atoms with Crippen molar-refractivity contribution in [2.75, 3.05) is 18.5 Å². The summed E-state index contributed by atoms with van der Waals surface area (Å²) in [6.45, 7) is 7.07. The van der Waals surface area contributed by atoms with Gasteiger partial charge in [0.2, 0.25) is 0 Å². The summed E-state index contributed by atoms with van der Waals surface area (Å²) in [7, 11) is 0. The van der Waals surface area contributed by atoms with Gasteiger partial charge in [-0.1, -0.05) is 0 Å². The first-order valence-corrected chi connectivity index (χ1v) is 6.92. The Morgan fingerprint density at radius 3 is 2.80 bits per heavy atom. The number of nitrogens with one attached hydrogen (secondary N) is 1. The monoisotopic (exact) mass is 273 g/mol. The van der Waals surface area contributed by atoms with Crippen LogP contribution >= 0.6 is 0 Å². The van der Waals surface area contributed by atoms with Gasteiger partial charge in [0.15, 0.2) is 11.5 Å². The van der Waals surface area contributed by atoms with Crippen molar-refractivity contribution in [3.05, 3.63) is 35.7 Å². The van der Waals surface area contributed by atoms with E-state index in [0.717, 1.165) is 30.3 Å². The first-order valence-electron chi connectivity index (χ1n) is 6.92. The number of aromatic nitrogens is 2. The summed E-state index contributed by atoms with van der Waals surface area (Å²) < 4.78 is 13.1. The van der Waals surface area contributed by atoms with E-state index in [9.17, 15) is 0 Å². The van der Waals surface area contributed by atoms with E-state index >= 15 is 0 Å². The van der Waals surface area contributed by atoms with Crippen LogP contribution in [-0.2, 0) is 13.1 Å². The number of aryl methyl sites for hydroxylation is 1. The number of nitrogens with zero attached hydrogens (tertiary/aromatic N) is 2. The Balaban J connectivity index is 1.70. The molecule has 0 amide bonds. The molecule has 1 aliphatic rings. The van der Waals surface area contributed by atoms with Crippen LogP contribution in [-0.4, -0.2) is 23.0 Å². The number of benzene rings is 1. The molecule has 5 nitrogen and oxygen atoms in total. The molecule has 1 N–H and O–H groups in total. The Hall–Kier alpha value is -2.17. The minimum atomic E-state index is 0.610. The van der Waals surface area contributed by atoms with Crippen molar-refractivity contribution in [2.45, 2.75) is 26.9 Å². The van der Waals surface area contributed by atoms with Crippen molar-refractivity contribution < 1.29 is 9.47 Å². The molecule has 1 aliphatic heterocycles. The number of fused-ring (bicyclic) bond motifs is 1. The first-order chi connectivity index (χ1) is 9.78. The van der Waals surface area contributed by atoms with Crippen molar-refractivity contribution in [3.63, 3.8) is 0 Å². The average molecular weight is 273 g/mol. The quantitative estimate of drug-likeness (QED) is 0.930. The van der Waals surface area contributed by atoms with Crippen LogP contribution in [0, 0.1) is 6.92 Å². The zero-order valence-electron chi connectivity index (χ0n) is 11.8. The molecule has 0 aliphatic carbocycles. The minimum Gasteiger partial charge on any atom is -0.486 e. The number of rotatable bonds is 4. The van der Waals surface area contributed by atoms with Crippen LogP contribution in [0.5, 0.6) is 11.5 Å². The molecule has 0 spiro atoms. The van der Waals surface area contributed by atoms with E-state index in [1.165, 1.54) is 11.3 Å². The number of ether oxygens (including phenoxy) is 2. The minimum absolute atomic E-state index is 0.610. The fourth-order valence-electron chi connectivity index (χ4n) is 2.33. The summed E-state index contributed by atoms with van der Waals surface area (Å²) in [5.74, 6) is 1.62. The standard InChI is InChI=1S/C15H19N3O2/c1-3-18-11(2)12(10-17-18)9-16-13-4-5-14-15(8-13)20-7-6-19-14/h4-5,8,10,16H,3,6-7,9H2,1-2H3. The maximum absolute atomic E-state index is 5.58. The van der Waals surface area contributed by atoms with E-state index in [1.807, 2.05) is 29.1 Å². The van der Waals surface area contributed by atoms with Gasteiger partial charge >= 0.3 is 0 Å². The van der Waals surface area contributed by atoms with Crippen LogP contribution in [0.2, 0.25) is 0 Å². The van der Waals surface area contributed by atoms with Crippen molar-refractivity contribution in [2.24, 2.45) is 0 Å². The van der Waals surface area contributed by atoms with Crippen LogP contribution in [0.3, 0.4) is 0 Å². The SMILES string of the molecule is CCn1ncc(CNc2ccc3c(c2)OCCO3)c1C. The number of hydrogen-bond acceptors (Lipinski definition) is 4. The summed E-state index contributed by atoms with van der Waals surface area (Å²) in [6, 6.07) is 5.93. The van der Waals surface area contributed by atoms with E-state index in [0.29, 0.717) is 13.2 Å². The normalized spacial score (nSPS) is 13.3. The predicted molar refractivity (Wildman–Crippen MR) is 77.4 cm³/mol. The zero-order chi connectivity index (χ0) is 13.9. The van der Waals surface area contributed by atoms with Gasteiger partial charge in [0.1, 0.15) is 13.2 Å². The summed E-state index contributed by atoms with van der Waals surface area (Å²) >= 11 is 0. The van der Waals surface area contributed by atoms with E-state index in [1.54, 1.807) is 0 Å². The third-order valence-electron chi connectivity index (χ3n) is 3.53. The van der Waals surface area contributed by atoms with Gasteiger partial charge in [0, 0.05) is 36.1 Å². The molecular weight excluding hydrogens is 254 g/mol. The topological polar surface area (TPSA) is 48.3 Å². The molecule has 0 saturated heterocycles. The van der Waals surface area contributed by atoms with Gasteiger partial charge in [0.25, 0.3) is 0 Å². The Kier molecular flexibility index (Phi) is 3.50. The molecule has 0 atom stereocenters. The fraction of sp³-hybridized carbons (Fsp3) is 0.400. The van der Waals surface area contributed by atoms with Gasteiger partial charge in [-0.3, -0.25) is 4.68 Å². The second-order valence-electron chi connectivity index (χ2n) is 4.78. The molecule has 1 aromatic heterocycles. The van der Waals surface area contributed by atoms with E-state index in [4.69, 9.17) is 9.47 Å². The van der Waals surface area contributed by atoms with E-state index in [-0.39, 0.29) is 0 Å². The van der Waals surface area contributed by atoms with Gasteiger partial charge in [-0.05, 0) is 26.0 Å². The maximum atomic E-state index is 5.58. The highest BCUT2D eigenvalue weighted by molar-refractivity contribution is 5.55. The summed E-state index contributed by atoms with van der Waals surface area (Å²) in [5, 5.41) is 7.75. The molecule has 2 aromatic rings. The van der Waals surface area contributed by atoms with Crippen LogP contribution in [0.1, 0.15) is 18.2 Å². The molecule has 106 valence electrons. The lowest BCUT2D eigenvalue weighted by Crippen LogP contribution is -2.15. The Labute approximate surface area is 118 Å². The highest BCUT2D eigenvalue weighted by atomic mass is 16.6. The molecular formula is C15H19N3O2. The third kappa shape index (κ3) is 2.43. The van der Waals surface area contributed by atoms with Crippen LogP contribution in [0.4, 0.5) is 5.69 Å². The summed E-state index contributed by atoms with van der Waals surface area (Å²) in [4.78, 5) is 0. The molecule has 0 fully saturated rings. The number of hydrogen-bond donors (Lipinski definition) is 1. The molecule has 3 rings (SSSR count). The van der Waals surface area contributed by atoms with Gasteiger partial charge in [0.05, 0.1) is 6.20 Å². The Bertz CT molecular complexity index is 607. The van der Waals surface area contributed by atoms with E-state index < -0.39 is 0 Å². The van der Waals surface area contributed by atoms with Gasteiger partial charge in [-0.2, -0.15) is 5.10 Å². The van der Waals surface area contributed by atoms with Crippen molar-refractivity contribution in [1.29, 1.82) is 0 Å². The fourth-order valence-corrected chi connectivity index (χ4v) is 2.33. The Morgan fingerprint density at radius 2 is 2.05 bits per heavy atom. The molecule has 5 heteroatoms. The van der Waals surface area contributed by atoms with Crippen LogP contribution in [0.25, 0.3) is 0 Å². The lowest BCUT2D eigenvalue weighted by Gasteiger charge is -2.19. The second-order valence-corrected chi connectivity index (χ2v) is 4.78. The predicted octanol–water partition coefficient (Wildman–Crippen LogP) is 2.59. The van der Waals surface area contributed by atoms with Crippen LogP contribution in [0.15, 0.2) is 24.4 Å². The first kappa shape index (κ1) is 12.8. The largest absolute Gasteiger partial charge is 0.486 e. The van der Waals surface area contributed by atoms with E-state index in [2.05, 4.69) is 24.3 Å². The second kappa shape index (κ2) is 5.45. The average Bonchev–Trinajstić information content (AvgIpc) is 2.85.